The monoisotopic (exact) mass is 360 g/mol. The molecule has 0 aliphatic carbocycles. The largest absolute Gasteiger partial charge is 0.394 e. The Hall–Kier alpha value is -1.80. The smallest absolute Gasteiger partial charge is 0.199 e. The van der Waals surface area contributed by atoms with Crippen LogP contribution < -0.4 is 0 Å². The fourth-order valence-electron chi connectivity index (χ4n) is 3.19. The van der Waals surface area contributed by atoms with Crippen LogP contribution in [0.15, 0.2) is 60.7 Å². The van der Waals surface area contributed by atoms with E-state index in [1.54, 1.807) is 12.1 Å². The summed E-state index contributed by atoms with van der Waals surface area (Å²) >= 11 is 0. The number of hydrogen-bond donors (Lipinski definition) is 4. The van der Waals surface area contributed by atoms with Crippen molar-refractivity contribution in [1.82, 2.24) is 0 Å². The minimum Gasteiger partial charge on any atom is -0.394 e. The summed E-state index contributed by atoms with van der Waals surface area (Å²) in [5.41, 5.74) is 1.62. The zero-order valence-corrected chi connectivity index (χ0v) is 14.3. The lowest BCUT2D eigenvalue weighted by Crippen LogP contribution is -2.66. The van der Waals surface area contributed by atoms with Gasteiger partial charge in [-0.1, -0.05) is 60.7 Å². The molecular formula is C20H24O6. The third-order valence-electron chi connectivity index (χ3n) is 4.61. The first kappa shape index (κ1) is 19.0. The van der Waals surface area contributed by atoms with E-state index in [4.69, 9.17) is 9.47 Å². The van der Waals surface area contributed by atoms with Gasteiger partial charge in [-0.2, -0.15) is 0 Å². The average molecular weight is 360 g/mol. The third kappa shape index (κ3) is 4.12. The number of rotatable bonds is 6. The van der Waals surface area contributed by atoms with Gasteiger partial charge in [0.15, 0.2) is 5.79 Å². The second-order valence-electron chi connectivity index (χ2n) is 6.54. The molecule has 1 saturated heterocycles. The van der Waals surface area contributed by atoms with Crippen molar-refractivity contribution in [3.05, 3.63) is 71.8 Å². The van der Waals surface area contributed by atoms with Crippen LogP contribution in [0, 0.1) is 0 Å². The quantitative estimate of drug-likeness (QED) is 0.603. The highest BCUT2D eigenvalue weighted by molar-refractivity contribution is 5.18. The minimum atomic E-state index is -1.98. The Morgan fingerprint density at radius 2 is 1.50 bits per heavy atom. The summed E-state index contributed by atoms with van der Waals surface area (Å²) in [4.78, 5) is 0. The van der Waals surface area contributed by atoms with Crippen LogP contribution in [0.4, 0.5) is 0 Å². The molecule has 1 aliphatic rings. The molecule has 2 aromatic rings. The highest BCUT2D eigenvalue weighted by Gasteiger charge is 2.53. The van der Waals surface area contributed by atoms with E-state index < -0.39 is 36.8 Å². The van der Waals surface area contributed by atoms with E-state index in [0.717, 1.165) is 11.1 Å². The number of benzene rings is 2. The van der Waals surface area contributed by atoms with Gasteiger partial charge in [0.25, 0.3) is 0 Å². The van der Waals surface area contributed by atoms with Gasteiger partial charge in [-0.3, -0.25) is 0 Å². The first-order valence-corrected chi connectivity index (χ1v) is 8.60. The zero-order valence-electron chi connectivity index (χ0n) is 14.3. The maximum absolute atomic E-state index is 10.9. The van der Waals surface area contributed by atoms with Crippen molar-refractivity contribution in [3.8, 4) is 0 Å². The third-order valence-corrected chi connectivity index (χ3v) is 4.61. The molecule has 0 radical (unpaired) electrons. The lowest BCUT2D eigenvalue weighted by Gasteiger charge is -2.47. The van der Waals surface area contributed by atoms with Gasteiger partial charge in [0.05, 0.1) is 13.2 Å². The van der Waals surface area contributed by atoms with Gasteiger partial charge < -0.3 is 29.9 Å². The van der Waals surface area contributed by atoms with Crippen molar-refractivity contribution in [2.45, 2.75) is 43.2 Å². The summed E-state index contributed by atoms with van der Waals surface area (Å²) in [5.74, 6) is -1.98. The van der Waals surface area contributed by atoms with E-state index >= 15 is 0 Å². The standard InChI is InChI=1S/C20H24O6/c21-12-16-17(22)18(25-13-15-9-5-2-6-10-15)19(23)20(24,26-16)11-14-7-3-1-4-8-14/h1-10,16-19,21-24H,11-13H2/t16-,17-,18+,19-,20?/m1/s1. The van der Waals surface area contributed by atoms with Gasteiger partial charge in [0.1, 0.15) is 24.4 Å². The summed E-state index contributed by atoms with van der Waals surface area (Å²) in [6, 6.07) is 18.4. The molecule has 0 saturated carbocycles. The molecule has 0 spiro atoms. The van der Waals surface area contributed by atoms with Gasteiger partial charge in [0, 0.05) is 6.42 Å². The topological polar surface area (TPSA) is 99.4 Å². The van der Waals surface area contributed by atoms with Crippen LogP contribution in [0.25, 0.3) is 0 Å². The second-order valence-corrected chi connectivity index (χ2v) is 6.54. The minimum absolute atomic E-state index is 0.00340. The Bertz CT molecular complexity index is 679. The van der Waals surface area contributed by atoms with E-state index in [1.165, 1.54) is 0 Å². The molecule has 3 rings (SSSR count). The number of hydrogen-bond acceptors (Lipinski definition) is 6. The average Bonchev–Trinajstić information content (AvgIpc) is 2.66. The predicted molar refractivity (Wildman–Crippen MR) is 94.1 cm³/mol. The molecule has 0 bridgehead atoms. The summed E-state index contributed by atoms with van der Waals surface area (Å²) in [6.07, 6.45) is -4.91. The molecule has 6 nitrogen and oxygen atoms in total. The fraction of sp³-hybridized carbons (Fsp3) is 0.400. The number of ether oxygens (including phenoxy) is 2. The highest BCUT2D eigenvalue weighted by Crippen LogP contribution is 2.33. The molecule has 26 heavy (non-hydrogen) atoms. The van der Waals surface area contributed by atoms with E-state index in [0.29, 0.717) is 0 Å². The van der Waals surface area contributed by atoms with Crippen LogP contribution in [0.3, 0.4) is 0 Å². The van der Waals surface area contributed by atoms with Crippen LogP contribution >= 0.6 is 0 Å². The normalized spacial score (nSPS) is 31.7. The molecule has 2 aromatic carbocycles. The Morgan fingerprint density at radius 1 is 0.923 bits per heavy atom. The van der Waals surface area contributed by atoms with E-state index in [1.807, 2.05) is 48.5 Å². The molecular weight excluding hydrogens is 336 g/mol. The van der Waals surface area contributed by atoms with Gasteiger partial charge in [-0.05, 0) is 11.1 Å². The Balaban J connectivity index is 1.78. The number of aliphatic hydroxyl groups is 4. The van der Waals surface area contributed by atoms with Gasteiger partial charge >= 0.3 is 0 Å². The van der Waals surface area contributed by atoms with Gasteiger partial charge in [-0.15, -0.1) is 0 Å². The second kappa shape index (κ2) is 8.26. The first-order valence-electron chi connectivity index (χ1n) is 8.60. The van der Waals surface area contributed by atoms with E-state index in [-0.39, 0.29) is 13.0 Å². The lowest BCUT2D eigenvalue weighted by atomic mass is 9.88. The zero-order chi connectivity index (χ0) is 18.6. The van der Waals surface area contributed by atoms with Crippen molar-refractivity contribution < 1.29 is 29.9 Å². The molecule has 1 fully saturated rings. The van der Waals surface area contributed by atoms with Crippen LogP contribution in [0.1, 0.15) is 11.1 Å². The summed E-state index contributed by atoms with van der Waals surface area (Å²) in [5, 5.41) is 41.5. The summed E-state index contributed by atoms with van der Waals surface area (Å²) in [6.45, 7) is -0.352. The number of aliphatic hydroxyl groups excluding tert-OH is 3. The molecule has 1 aliphatic heterocycles. The van der Waals surface area contributed by atoms with Crippen LogP contribution in [-0.4, -0.2) is 57.2 Å². The molecule has 4 N–H and O–H groups in total. The van der Waals surface area contributed by atoms with Crippen molar-refractivity contribution in [2.24, 2.45) is 0 Å². The van der Waals surface area contributed by atoms with E-state index in [2.05, 4.69) is 0 Å². The molecule has 1 unspecified atom stereocenters. The lowest BCUT2D eigenvalue weighted by molar-refractivity contribution is -0.354. The maximum atomic E-state index is 10.9. The molecule has 1 heterocycles. The Kier molecular flexibility index (Phi) is 6.03. The maximum Gasteiger partial charge on any atom is 0.199 e. The van der Waals surface area contributed by atoms with Gasteiger partial charge in [-0.25, -0.2) is 0 Å². The first-order chi connectivity index (χ1) is 12.5. The van der Waals surface area contributed by atoms with E-state index in [9.17, 15) is 20.4 Å². The van der Waals surface area contributed by atoms with Crippen LogP contribution in [-0.2, 0) is 22.5 Å². The molecule has 0 aromatic heterocycles. The molecule has 0 amide bonds. The fourth-order valence-corrected chi connectivity index (χ4v) is 3.19. The van der Waals surface area contributed by atoms with Crippen molar-refractivity contribution in [3.63, 3.8) is 0 Å². The summed E-state index contributed by atoms with van der Waals surface area (Å²) in [7, 11) is 0. The van der Waals surface area contributed by atoms with Crippen LogP contribution in [0.2, 0.25) is 0 Å². The Morgan fingerprint density at radius 3 is 2.08 bits per heavy atom. The van der Waals surface area contributed by atoms with Crippen LogP contribution in [0.5, 0.6) is 0 Å². The molecule has 5 atom stereocenters. The SMILES string of the molecule is OC[C@H]1OC(O)(Cc2ccccc2)[C@H](O)[C@@H](OCc2ccccc2)[C@@H]1O. The Labute approximate surface area is 152 Å². The highest BCUT2D eigenvalue weighted by atomic mass is 16.7. The van der Waals surface area contributed by atoms with Gasteiger partial charge in [0.2, 0.25) is 0 Å². The van der Waals surface area contributed by atoms with Crippen molar-refractivity contribution in [1.29, 1.82) is 0 Å². The summed E-state index contributed by atoms with van der Waals surface area (Å²) < 4.78 is 11.2. The van der Waals surface area contributed by atoms with Crippen molar-refractivity contribution >= 4 is 0 Å². The van der Waals surface area contributed by atoms with Crippen molar-refractivity contribution in [2.75, 3.05) is 6.61 Å². The molecule has 140 valence electrons. The molecule has 6 heteroatoms. The predicted octanol–water partition coefficient (Wildman–Crippen LogP) is 0.616.